The third kappa shape index (κ3) is 2.25. The van der Waals surface area contributed by atoms with Crippen molar-refractivity contribution in [3.63, 3.8) is 0 Å². The number of aryl methyl sites for hydroxylation is 1. The van der Waals surface area contributed by atoms with Gasteiger partial charge in [-0.25, -0.2) is 0 Å². The molecular weight excluding hydrogens is 294 g/mol. The monoisotopic (exact) mass is 317 g/mol. The molecule has 2 nitrogen and oxygen atoms in total. The first-order valence-electron chi connectivity index (χ1n) is 7.88. The Morgan fingerprint density at radius 3 is 2.59 bits per heavy atom. The number of hydrogen-bond donors (Lipinski definition) is 1. The fourth-order valence-electron chi connectivity index (χ4n) is 3.65. The van der Waals surface area contributed by atoms with Gasteiger partial charge in [-0.1, -0.05) is 18.2 Å². The molecule has 1 aliphatic heterocycles. The number of phenols is 1. The summed E-state index contributed by atoms with van der Waals surface area (Å²) >= 11 is 6.53. The molecule has 0 fully saturated rings. The zero-order valence-electron chi connectivity index (χ0n) is 13.9. The topological polar surface area (TPSA) is 23.5 Å². The highest BCUT2D eigenvalue weighted by molar-refractivity contribution is 6.21. The van der Waals surface area contributed by atoms with E-state index in [1.165, 1.54) is 16.5 Å². The summed E-state index contributed by atoms with van der Waals surface area (Å²) in [6.45, 7) is 11.7. The van der Waals surface area contributed by atoms with Crippen LogP contribution in [0.5, 0.6) is 5.75 Å². The van der Waals surface area contributed by atoms with E-state index in [0.717, 1.165) is 17.6 Å². The largest absolute Gasteiger partial charge is 0.507 e. The summed E-state index contributed by atoms with van der Waals surface area (Å²) in [5, 5.41) is 12.7. The molecule has 0 saturated carbocycles. The van der Waals surface area contributed by atoms with Crippen LogP contribution in [0, 0.1) is 6.92 Å². The molecule has 118 valence electrons. The van der Waals surface area contributed by atoms with E-state index >= 15 is 0 Å². The van der Waals surface area contributed by atoms with E-state index in [4.69, 9.17) is 11.6 Å². The van der Waals surface area contributed by atoms with E-state index < -0.39 is 0 Å². The van der Waals surface area contributed by atoms with Crippen LogP contribution in [0.1, 0.15) is 44.7 Å². The number of anilines is 1. The van der Waals surface area contributed by atoms with Gasteiger partial charge in [0.2, 0.25) is 0 Å². The van der Waals surface area contributed by atoms with Gasteiger partial charge < -0.3 is 10.0 Å². The van der Waals surface area contributed by atoms with E-state index in [1.807, 2.05) is 18.2 Å². The molecule has 0 radical (unpaired) electrons. The van der Waals surface area contributed by atoms with Gasteiger partial charge in [-0.3, -0.25) is 0 Å². The van der Waals surface area contributed by atoms with E-state index in [2.05, 4.69) is 45.6 Å². The lowest BCUT2D eigenvalue weighted by Gasteiger charge is -2.35. The number of nitrogens with zero attached hydrogens (tertiary/aromatic N) is 1. The average molecular weight is 318 g/mol. The first-order chi connectivity index (χ1) is 10.2. The summed E-state index contributed by atoms with van der Waals surface area (Å²) in [5.74, 6) is 0.634. The molecule has 0 amide bonds. The van der Waals surface area contributed by atoms with Crippen LogP contribution in [0.2, 0.25) is 0 Å². The van der Waals surface area contributed by atoms with Crippen molar-refractivity contribution in [2.24, 2.45) is 0 Å². The second-order valence-corrected chi connectivity index (χ2v) is 8.08. The van der Waals surface area contributed by atoms with Crippen LogP contribution in [0.15, 0.2) is 24.3 Å². The van der Waals surface area contributed by atoms with Crippen molar-refractivity contribution in [2.75, 3.05) is 11.4 Å². The molecule has 1 aliphatic rings. The fraction of sp³-hybridized carbons (Fsp3) is 0.474. The van der Waals surface area contributed by atoms with Crippen molar-refractivity contribution in [3.8, 4) is 5.75 Å². The number of hydrogen-bond acceptors (Lipinski definition) is 2. The highest BCUT2D eigenvalue weighted by atomic mass is 35.5. The minimum atomic E-state index is -0.00190. The number of rotatable bonds is 1. The summed E-state index contributed by atoms with van der Waals surface area (Å²) < 4.78 is 0. The minimum absolute atomic E-state index is 0.00190. The van der Waals surface area contributed by atoms with Crippen molar-refractivity contribution in [1.82, 2.24) is 0 Å². The number of phenolic OH excluding ortho intramolecular Hbond substituents is 1. The Bertz CT molecular complexity index is 730. The Labute approximate surface area is 137 Å². The lowest BCUT2D eigenvalue weighted by molar-refractivity contribution is 0.479. The number of benzene rings is 2. The van der Waals surface area contributed by atoms with Crippen LogP contribution in [0.3, 0.4) is 0 Å². The Balaban J connectivity index is 2.38. The second-order valence-electron chi connectivity index (χ2n) is 7.39. The SMILES string of the molecule is Cc1cccc2c(O)cc3c(c12)[C@H]([C@@H](C)Cl)CN3C(C)(C)C. The molecule has 3 rings (SSSR count). The fourth-order valence-corrected chi connectivity index (χ4v) is 3.85. The van der Waals surface area contributed by atoms with Gasteiger partial charge in [-0.05, 0) is 51.1 Å². The molecule has 22 heavy (non-hydrogen) atoms. The molecule has 0 spiro atoms. The van der Waals surface area contributed by atoms with Crippen LogP contribution in [-0.4, -0.2) is 22.6 Å². The van der Waals surface area contributed by atoms with E-state index in [9.17, 15) is 5.11 Å². The molecule has 3 heteroatoms. The lowest BCUT2D eigenvalue weighted by atomic mass is 9.90. The Morgan fingerprint density at radius 2 is 2.00 bits per heavy atom. The molecule has 0 bridgehead atoms. The number of halogens is 1. The maximum absolute atomic E-state index is 10.5. The van der Waals surface area contributed by atoms with Gasteiger partial charge in [0.15, 0.2) is 0 Å². The van der Waals surface area contributed by atoms with Gasteiger partial charge in [0.05, 0.1) is 0 Å². The molecule has 2 atom stereocenters. The number of fused-ring (bicyclic) bond motifs is 3. The Morgan fingerprint density at radius 1 is 1.32 bits per heavy atom. The smallest absolute Gasteiger partial charge is 0.125 e. The third-order valence-electron chi connectivity index (χ3n) is 4.77. The summed E-state index contributed by atoms with van der Waals surface area (Å²) in [7, 11) is 0. The highest BCUT2D eigenvalue weighted by Crippen LogP contribution is 2.49. The van der Waals surface area contributed by atoms with E-state index in [-0.39, 0.29) is 16.8 Å². The predicted octanol–water partition coefficient (Wildman–Crippen LogP) is 5.18. The minimum Gasteiger partial charge on any atom is -0.507 e. The first-order valence-corrected chi connectivity index (χ1v) is 8.32. The molecular formula is C19H24ClNO. The summed E-state index contributed by atoms with van der Waals surface area (Å²) in [6.07, 6.45) is 0. The molecule has 0 aromatic heterocycles. The van der Waals surface area contributed by atoms with Gasteiger partial charge in [0, 0.05) is 40.5 Å². The van der Waals surface area contributed by atoms with Gasteiger partial charge in [0.1, 0.15) is 5.75 Å². The summed E-state index contributed by atoms with van der Waals surface area (Å²) in [5.41, 5.74) is 3.62. The number of alkyl halides is 1. The standard InChI is InChI=1S/C19H24ClNO/c1-11-7-6-8-13-16(22)9-15-18(17(11)13)14(12(2)20)10-21(15)19(3,4)5/h6-9,12,14,22H,10H2,1-5H3/t12-,14+/m1/s1. The molecule has 0 unspecified atom stereocenters. The third-order valence-corrected chi connectivity index (χ3v) is 5.08. The van der Waals surface area contributed by atoms with Gasteiger partial charge in [0.25, 0.3) is 0 Å². The molecule has 1 N–H and O–H groups in total. The van der Waals surface area contributed by atoms with Crippen LogP contribution in [-0.2, 0) is 0 Å². The van der Waals surface area contributed by atoms with Crippen molar-refractivity contribution >= 4 is 28.1 Å². The van der Waals surface area contributed by atoms with Crippen LogP contribution in [0.25, 0.3) is 10.8 Å². The van der Waals surface area contributed by atoms with Gasteiger partial charge >= 0.3 is 0 Å². The second kappa shape index (κ2) is 5.06. The normalized spacial score (nSPS) is 19.5. The molecule has 2 aromatic rings. The molecule has 0 saturated heterocycles. The molecule has 2 aromatic carbocycles. The van der Waals surface area contributed by atoms with Gasteiger partial charge in [-0.15, -0.1) is 11.6 Å². The predicted molar refractivity (Wildman–Crippen MR) is 95.5 cm³/mol. The van der Waals surface area contributed by atoms with E-state index in [0.29, 0.717) is 5.75 Å². The first kappa shape index (κ1) is 15.5. The quantitative estimate of drug-likeness (QED) is 0.732. The maximum Gasteiger partial charge on any atom is 0.125 e. The average Bonchev–Trinajstić information content (AvgIpc) is 2.78. The van der Waals surface area contributed by atoms with Crippen molar-refractivity contribution in [2.45, 2.75) is 51.5 Å². The van der Waals surface area contributed by atoms with Crippen LogP contribution < -0.4 is 4.90 Å². The van der Waals surface area contributed by atoms with Crippen LogP contribution in [0.4, 0.5) is 5.69 Å². The zero-order valence-corrected chi connectivity index (χ0v) is 14.7. The number of aromatic hydroxyl groups is 1. The van der Waals surface area contributed by atoms with Gasteiger partial charge in [-0.2, -0.15) is 0 Å². The molecule has 1 heterocycles. The molecule has 0 aliphatic carbocycles. The Hall–Kier alpha value is -1.41. The highest BCUT2D eigenvalue weighted by Gasteiger charge is 2.38. The lowest BCUT2D eigenvalue weighted by Crippen LogP contribution is -2.41. The van der Waals surface area contributed by atoms with E-state index in [1.54, 1.807) is 0 Å². The summed E-state index contributed by atoms with van der Waals surface area (Å²) in [6, 6.07) is 8.02. The Kier molecular flexibility index (Phi) is 3.56. The van der Waals surface area contributed by atoms with Crippen LogP contribution >= 0.6 is 11.6 Å². The van der Waals surface area contributed by atoms with Crippen molar-refractivity contribution in [1.29, 1.82) is 0 Å². The zero-order chi connectivity index (χ0) is 16.2. The van der Waals surface area contributed by atoms with Crippen molar-refractivity contribution in [3.05, 3.63) is 35.4 Å². The maximum atomic E-state index is 10.5. The van der Waals surface area contributed by atoms with Crippen molar-refractivity contribution < 1.29 is 5.11 Å². The summed E-state index contributed by atoms with van der Waals surface area (Å²) in [4.78, 5) is 2.37.